The Balaban J connectivity index is 2.11. The van der Waals surface area contributed by atoms with Gasteiger partial charge in [-0.05, 0) is 92.8 Å². The van der Waals surface area contributed by atoms with Crippen LogP contribution in [-0.4, -0.2) is 11.4 Å². The quantitative estimate of drug-likeness (QED) is 0.0663. The molecule has 2 nitrogen and oxygen atoms in total. The summed E-state index contributed by atoms with van der Waals surface area (Å²) in [5, 5.41) is 0. The van der Waals surface area contributed by atoms with Gasteiger partial charge in [0.1, 0.15) is 0 Å². The normalized spacial score (nSPS) is 12.4. The van der Waals surface area contributed by atoms with Crippen molar-refractivity contribution in [3.05, 3.63) is 71.8 Å². The number of rotatable bonds is 28. The van der Waals surface area contributed by atoms with Crippen LogP contribution < -0.4 is 0 Å². The Morgan fingerprint density at radius 1 is 0.500 bits per heavy atom. The van der Waals surface area contributed by atoms with Crippen molar-refractivity contribution in [1.82, 2.24) is 0 Å². The van der Waals surface area contributed by atoms with Crippen molar-refractivity contribution in [2.75, 3.05) is 0 Å². The highest BCUT2D eigenvalue weighted by molar-refractivity contribution is 6.47. The molecular weight excluding hydrogens is 556 g/mol. The third-order valence-electron chi connectivity index (χ3n) is 9.04. The van der Waals surface area contributed by atoms with Crippen molar-refractivity contribution in [3.8, 4) is 0 Å². The average Bonchev–Trinajstić information content (AvgIpc) is 3.07. The molecular formula is C44H70N2. The van der Waals surface area contributed by atoms with E-state index < -0.39 is 0 Å². The molecule has 0 aromatic heterocycles. The molecule has 0 saturated heterocycles. The van der Waals surface area contributed by atoms with E-state index in [9.17, 15) is 0 Å². The first-order valence-electron chi connectivity index (χ1n) is 19.7. The lowest BCUT2D eigenvalue weighted by Gasteiger charge is -2.10. The highest BCUT2D eigenvalue weighted by Crippen LogP contribution is 2.22. The van der Waals surface area contributed by atoms with Gasteiger partial charge in [-0.25, -0.2) is 4.99 Å². The van der Waals surface area contributed by atoms with E-state index in [-0.39, 0.29) is 0 Å². The van der Waals surface area contributed by atoms with Gasteiger partial charge in [-0.2, -0.15) is 0 Å². The summed E-state index contributed by atoms with van der Waals surface area (Å²) in [6, 6.07) is 17.8. The number of benzene rings is 2. The van der Waals surface area contributed by atoms with Gasteiger partial charge in [-0.15, -0.1) is 0 Å². The Bertz CT molecular complexity index is 1110. The second kappa shape index (κ2) is 27.6. The molecule has 2 aromatic carbocycles. The summed E-state index contributed by atoms with van der Waals surface area (Å²) in [4.78, 5) is 10.6. The maximum atomic E-state index is 5.28. The van der Waals surface area contributed by atoms with E-state index in [0.717, 1.165) is 61.3 Å². The van der Waals surface area contributed by atoms with Gasteiger partial charge in [0.15, 0.2) is 0 Å². The van der Waals surface area contributed by atoms with Crippen LogP contribution in [0.2, 0.25) is 0 Å². The molecule has 0 fully saturated rings. The van der Waals surface area contributed by atoms with Gasteiger partial charge in [0.05, 0.1) is 22.8 Å². The van der Waals surface area contributed by atoms with Crippen molar-refractivity contribution in [2.45, 2.75) is 182 Å². The van der Waals surface area contributed by atoms with Gasteiger partial charge in [0.2, 0.25) is 0 Å². The minimum absolute atomic E-state index is 0.953. The van der Waals surface area contributed by atoms with Crippen LogP contribution in [0.15, 0.2) is 70.7 Å². The molecule has 2 heteroatoms. The molecule has 0 radical (unpaired) electrons. The summed E-state index contributed by atoms with van der Waals surface area (Å²) < 4.78 is 0. The summed E-state index contributed by atoms with van der Waals surface area (Å²) in [6.07, 6.45) is 35.5. The molecule has 46 heavy (non-hydrogen) atoms. The predicted molar refractivity (Wildman–Crippen MR) is 208 cm³/mol. The molecule has 0 aliphatic heterocycles. The summed E-state index contributed by atoms with van der Waals surface area (Å²) in [5.74, 6) is 0. The topological polar surface area (TPSA) is 24.7 Å². The van der Waals surface area contributed by atoms with Gasteiger partial charge < -0.3 is 0 Å². The van der Waals surface area contributed by atoms with Crippen molar-refractivity contribution in [1.29, 1.82) is 0 Å². The Morgan fingerprint density at radius 2 is 0.957 bits per heavy atom. The number of hydrogen-bond donors (Lipinski definition) is 0. The zero-order chi connectivity index (χ0) is 32.9. The summed E-state index contributed by atoms with van der Waals surface area (Å²) in [5.41, 5.74) is 7.06. The first-order chi connectivity index (χ1) is 22.7. The van der Waals surface area contributed by atoms with Crippen LogP contribution in [0, 0.1) is 0 Å². The first-order valence-corrected chi connectivity index (χ1v) is 19.7. The Labute approximate surface area is 285 Å². The van der Waals surface area contributed by atoms with Crippen molar-refractivity contribution in [2.24, 2.45) is 9.98 Å². The SMILES string of the molecule is CCCCCCCCCCCCCC/C=C/C(=Nc1cccc(CCCCC)c1)C(CCCC)=Nc1cccc(CCCCC)c1. The lowest BCUT2D eigenvalue weighted by Crippen LogP contribution is -2.12. The number of allylic oxidation sites excluding steroid dienone is 2. The van der Waals surface area contributed by atoms with Gasteiger partial charge >= 0.3 is 0 Å². The van der Waals surface area contributed by atoms with E-state index in [4.69, 9.17) is 9.98 Å². The van der Waals surface area contributed by atoms with Crippen LogP contribution in [0.5, 0.6) is 0 Å². The standard InChI is InChI=1S/C44H70N2/c1-5-9-13-14-15-16-17-18-19-20-21-22-23-26-36-44(46-42-34-28-32-40(38-42)30-25-11-7-3)43(35-12-8-4)45-41-33-27-31-39(37-41)29-24-10-6-2/h26-28,31-34,36-38H,5-25,29-30,35H2,1-4H3/b36-26+,45-43?,46-44?. The molecule has 0 unspecified atom stereocenters. The molecule has 0 atom stereocenters. The monoisotopic (exact) mass is 627 g/mol. The highest BCUT2D eigenvalue weighted by atomic mass is 14.8. The van der Waals surface area contributed by atoms with E-state index >= 15 is 0 Å². The molecule has 0 N–H and O–H groups in total. The Hall–Kier alpha value is -2.48. The van der Waals surface area contributed by atoms with E-state index in [1.54, 1.807) is 0 Å². The Morgan fingerprint density at radius 3 is 1.48 bits per heavy atom. The third kappa shape index (κ3) is 19.2. The molecule has 2 aromatic rings. The van der Waals surface area contributed by atoms with E-state index in [1.165, 1.54) is 127 Å². The fourth-order valence-electron chi connectivity index (χ4n) is 6.10. The van der Waals surface area contributed by atoms with Crippen LogP contribution >= 0.6 is 0 Å². The zero-order valence-electron chi connectivity index (χ0n) is 30.6. The molecule has 0 amide bonds. The average molecular weight is 627 g/mol. The first kappa shape index (κ1) is 39.7. The molecule has 0 saturated carbocycles. The highest BCUT2D eigenvalue weighted by Gasteiger charge is 2.09. The van der Waals surface area contributed by atoms with Gasteiger partial charge in [0, 0.05) is 0 Å². The van der Waals surface area contributed by atoms with E-state index in [0.29, 0.717) is 0 Å². The number of unbranched alkanes of at least 4 members (excludes halogenated alkanes) is 17. The zero-order valence-corrected chi connectivity index (χ0v) is 30.6. The van der Waals surface area contributed by atoms with Crippen LogP contribution in [0.4, 0.5) is 11.4 Å². The number of aliphatic imine (C=N–C) groups is 2. The molecule has 2 rings (SSSR count). The minimum atomic E-state index is 0.953. The van der Waals surface area contributed by atoms with Gasteiger partial charge in [-0.3, -0.25) is 4.99 Å². The second-order valence-electron chi connectivity index (χ2n) is 13.5. The van der Waals surface area contributed by atoms with Crippen LogP contribution in [0.25, 0.3) is 0 Å². The predicted octanol–water partition coefficient (Wildman–Crippen LogP) is 14.8. The summed E-state index contributed by atoms with van der Waals surface area (Å²) in [7, 11) is 0. The van der Waals surface area contributed by atoms with Crippen molar-refractivity contribution >= 4 is 22.8 Å². The lowest BCUT2D eigenvalue weighted by molar-refractivity contribution is 0.545. The molecule has 0 aliphatic rings. The van der Waals surface area contributed by atoms with Crippen molar-refractivity contribution in [3.63, 3.8) is 0 Å². The van der Waals surface area contributed by atoms with Gasteiger partial charge in [0.25, 0.3) is 0 Å². The molecule has 0 aliphatic carbocycles. The number of hydrogen-bond acceptors (Lipinski definition) is 2. The number of nitrogens with zero attached hydrogens (tertiary/aromatic N) is 2. The van der Waals surface area contributed by atoms with Crippen LogP contribution in [0.3, 0.4) is 0 Å². The fraction of sp³-hybridized carbons (Fsp3) is 0.636. The Kier molecular flexibility index (Phi) is 23.8. The van der Waals surface area contributed by atoms with E-state index in [2.05, 4.69) is 88.4 Å². The third-order valence-corrected chi connectivity index (χ3v) is 9.04. The molecule has 0 spiro atoms. The summed E-state index contributed by atoms with van der Waals surface area (Å²) in [6.45, 7) is 9.11. The minimum Gasteiger partial charge on any atom is -0.251 e. The maximum absolute atomic E-state index is 5.28. The van der Waals surface area contributed by atoms with Crippen LogP contribution in [-0.2, 0) is 12.8 Å². The maximum Gasteiger partial charge on any atom is 0.0848 e. The van der Waals surface area contributed by atoms with Crippen molar-refractivity contribution < 1.29 is 0 Å². The fourth-order valence-corrected chi connectivity index (χ4v) is 6.10. The summed E-state index contributed by atoms with van der Waals surface area (Å²) >= 11 is 0. The molecule has 0 heterocycles. The largest absolute Gasteiger partial charge is 0.251 e. The molecule has 0 bridgehead atoms. The van der Waals surface area contributed by atoms with E-state index in [1.807, 2.05) is 0 Å². The smallest absolute Gasteiger partial charge is 0.0848 e. The number of aryl methyl sites for hydroxylation is 2. The van der Waals surface area contributed by atoms with Gasteiger partial charge in [-0.1, -0.05) is 161 Å². The second-order valence-corrected chi connectivity index (χ2v) is 13.5. The lowest BCUT2D eigenvalue weighted by atomic mass is 10.0. The molecule has 256 valence electrons. The van der Waals surface area contributed by atoms with Crippen LogP contribution in [0.1, 0.15) is 180 Å².